The van der Waals surface area contributed by atoms with Crippen LogP contribution in [0, 0.1) is 0 Å². The van der Waals surface area contributed by atoms with Gasteiger partial charge in [0.25, 0.3) is 0 Å². The van der Waals surface area contributed by atoms with Gasteiger partial charge < -0.3 is 96.1 Å². The molecule has 2 heterocycles. The molecule has 0 aliphatic carbocycles. The highest BCUT2D eigenvalue weighted by molar-refractivity contribution is 5.44. The van der Waals surface area contributed by atoms with Gasteiger partial charge in [0.1, 0.15) is 0 Å². The fraction of sp³-hybridized carbons (Fsp3) is 0.909. The Hall–Kier alpha value is -1.74. The molecule has 2 aliphatic rings. The third-order valence-electron chi connectivity index (χ3n) is 14.4. The van der Waals surface area contributed by atoms with Crippen LogP contribution in [-0.2, 0) is 0 Å². The zero-order valence-electron chi connectivity index (χ0n) is 60.0. The van der Waals surface area contributed by atoms with Crippen molar-refractivity contribution in [2.45, 2.75) is 183 Å². The highest BCUT2D eigenvalue weighted by Crippen LogP contribution is 2.16. The number of nitrogens with zero attached hydrogens (tertiary/aromatic N) is 9. The lowest BCUT2D eigenvalue weighted by Gasteiger charge is -2.33. The number of benzene rings is 1. The molecule has 3 atom stereocenters. The minimum absolute atomic E-state index is 0.125. The van der Waals surface area contributed by atoms with Crippen LogP contribution in [-0.4, -0.2) is 292 Å². The monoisotopic (exact) mass is 1230 g/mol. The number of nitrogens with two attached hydrogens (primary N) is 9. The van der Waals surface area contributed by atoms with Crippen LogP contribution in [0.5, 0.6) is 0 Å². The molecule has 0 aromatic heterocycles. The summed E-state index contributed by atoms with van der Waals surface area (Å²) in [6.07, 6.45) is 15.2. The Morgan fingerprint density at radius 2 is 0.942 bits per heavy atom. The van der Waals surface area contributed by atoms with Crippen molar-refractivity contribution in [1.29, 1.82) is 0 Å². The molecule has 2 saturated heterocycles. The van der Waals surface area contributed by atoms with Crippen molar-refractivity contribution in [3.05, 3.63) is 30.3 Å². The Morgan fingerprint density at radius 3 is 1.29 bits per heavy atom. The van der Waals surface area contributed by atoms with Crippen molar-refractivity contribution in [2.75, 3.05) is 217 Å². The van der Waals surface area contributed by atoms with E-state index in [0.29, 0.717) is 43.8 Å². The van der Waals surface area contributed by atoms with E-state index >= 15 is 0 Å². The smallest absolute Gasteiger partial charge is 0.0558 e. The van der Waals surface area contributed by atoms with E-state index in [1.807, 2.05) is 44.1 Å². The van der Waals surface area contributed by atoms with E-state index in [2.05, 4.69) is 142 Å². The highest BCUT2D eigenvalue weighted by Gasteiger charge is 2.17. The molecule has 20 nitrogen and oxygen atoms in total. The predicted molar refractivity (Wildman–Crippen MR) is 384 cm³/mol. The highest BCUT2D eigenvalue weighted by atomic mass is 16.3. The van der Waals surface area contributed by atoms with Crippen molar-refractivity contribution >= 4 is 5.69 Å². The number of para-hydroxylation sites is 1. The van der Waals surface area contributed by atoms with Crippen LogP contribution in [0.25, 0.3) is 0 Å². The SMILES string of the molecule is CC(C)N(CCN)C(C)C.CC(N)CN(C)C.CC1CCCCN1CCCN.CCN(CC)CCCC(C)N.CCN(CC)CCCN.CN(C)CCCN.CN(CCCN)c1ccccc1.NCCN(CCO)CCO.NCCN1CCCCC1. The summed E-state index contributed by atoms with van der Waals surface area (Å²) in [4.78, 5) is 20.6. The minimum atomic E-state index is 0.125. The van der Waals surface area contributed by atoms with Crippen molar-refractivity contribution in [2.24, 2.45) is 51.6 Å². The van der Waals surface area contributed by atoms with E-state index in [0.717, 1.165) is 149 Å². The number of likely N-dealkylation sites (N-methyl/N-ethyl adjacent to an activating group) is 1. The van der Waals surface area contributed by atoms with Crippen LogP contribution in [0.3, 0.4) is 0 Å². The van der Waals surface area contributed by atoms with E-state index in [-0.39, 0.29) is 13.2 Å². The molecule has 3 rings (SSSR count). The average molecular weight is 1230 g/mol. The molecule has 20 heteroatoms. The lowest BCUT2D eigenvalue weighted by atomic mass is 10.0. The molecule has 522 valence electrons. The van der Waals surface area contributed by atoms with Crippen molar-refractivity contribution in [3.63, 3.8) is 0 Å². The molecular weight excluding hydrogens is 1080 g/mol. The van der Waals surface area contributed by atoms with Gasteiger partial charge in [-0.15, -0.1) is 0 Å². The van der Waals surface area contributed by atoms with Gasteiger partial charge in [0.2, 0.25) is 0 Å². The number of piperidine rings is 2. The van der Waals surface area contributed by atoms with Crippen LogP contribution in [0.4, 0.5) is 5.69 Å². The van der Waals surface area contributed by atoms with Crippen LogP contribution < -0.4 is 56.5 Å². The first-order valence-electron chi connectivity index (χ1n) is 34.1. The fourth-order valence-electron chi connectivity index (χ4n) is 9.37. The minimum Gasteiger partial charge on any atom is -0.395 e. The third-order valence-corrected chi connectivity index (χ3v) is 14.4. The lowest BCUT2D eigenvalue weighted by Crippen LogP contribution is -2.40. The Morgan fingerprint density at radius 1 is 0.477 bits per heavy atom. The van der Waals surface area contributed by atoms with Crippen LogP contribution in [0.2, 0.25) is 0 Å². The molecule has 2 fully saturated rings. The van der Waals surface area contributed by atoms with Gasteiger partial charge in [-0.05, 0) is 251 Å². The number of hydrogen-bond acceptors (Lipinski definition) is 20. The van der Waals surface area contributed by atoms with Gasteiger partial charge in [-0.25, -0.2) is 0 Å². The summed E-state index contributed by atoms with van der Waals surface area (Å²) < 4.78 is 0. The molecule has 0 spiro atoms. The first-order valence-corrected chi connectivity index (χ1v) is 34.1. The molecule has 2 aliphatic heterocycles. The molecule has 86 heavy (non-hydrogen) atoms. The van der Waals surface area contributed by atoms with Gasteiger partial charge in [0.15, 0.2) is 0 Å². The Labute approximate surface area is 535 Å². The second-order valence-corrected chi connectivity index (χ2v) is 23.9. The summed E-state index contributed by atoms with van der Waals surface area (Å²) in [6, 6.07) is 13.0. The number of rotatable bonds is 35. The number of likely N-dealkylation sites (tertiary alicyclic amines) is 2. The summed E-state index contributed by atoms with van der Waals surface area (Å²) in [5.74, 6) is 0. The first kappa shape index (κ1) is 95.4. The topological polar surface area (TPSA) is 304 Å². The standard InChI is InChI=1S/C10H16N2.C9H20N2.C9H22N2.C8H20N2.C7H16N2.C7H18N2.C6H16N2O2.2C5H14N2/c1-12(9-5-8-11)10-6-3-2-4-7-10;1-9-5-2-3-7-11(9)8-4-6-10;1-4-11(5-2)8-6-7-9(3)10;1-7(2)10(6-5-9)8(3)4;8-4-7-9-5-2-1-3-6-9;1-3-9(4-2)7-5-6-8;7-1-2-8(3-5-9)4-6-10;1-5(6)4-7(2)3;1-7(2)5-3-4-6/h2-4,6-7H,5,8-9,11H2,1H3;9H,2-8,10H2,1H3;9H,4-8,10H2,1-3H3;7-8H,5-6,9H2,1-4H3;1-8H2;3-8H2,1-2H3;9-10H,1-7H2;5H,4,6H2,1-3H3;3-6H2,1-2H3. The second kappa shape index (κ2) is 74.0. The molecule has 0 amide bonds. The zero-order chi connectivity index (χ0) is 66.8. The number of aliphatic hydroxyl groups is 2. The maximum absolute atomic E-state index is 8.53. The maximum atomic E-state index is 8.53. The summed E-state index contributed by atoms with van der Waals surface area (Å²) in [5.41, 5.74) is 50.0. The van der Waals surface area contributed by atoms with Gasteiger partial charge in [-0.1, -0.05) is 58.7 Å². The summed E-state index contributed by atoms with van der Waals surface area (Å²) in [7, 11) is 10.2. The summed E-state index contributed by atoms with van der Waals surface area (Å²) >= 11 is 0. The lowest BCUT2D eigenvalue weighted by molar-refractivity contribution is 0.160. The van der Waals surface area contributed by atoms with Gasteiger partial charge >= 0.3 is 0 Å². The number of aliphatic hydroxyl groups excluding tert-OH is 2. The average Bonchev–Trinajstić information content (AvgIpc) is 3.55. The van der Waals surface area contributed by atoms with E-state index in [9.17, 15) is 0 Å². The first-order chi connectivity index (χ1) is 41.0. The number of anilines is 1. The van der Waals surface area contributed by atoms with Gasteiger partial charge in [-0.3, -0.25) is 9.80 Å². The predicted octanol–water partition coefficient (Wildman–Crippen LogP) is 4.33. The molecular formula is C66H156N18O2. The van der Waals surface area contributed by atoms with E-state index in [1.165, 1.54) is 83.4 Å². The van der Waals surface area contributed by atoms with Crippen LogP contribution in [0.15, 0.2) is 30.3 Å². The van der Waals surface area contributed by atoms with Crippen LogP contribution >= 0.6 is 0 Å². The van der Waals surface area contributed by atoms with Gasteiger partial charge in [-0.2, -0.15) is 0 Å². The van der Waals surface area contributed by atoms with Crippen molar-refractivity contribution in [1.82, 2.24) is 39.2 Å². The van der Waals surface area contributed by atoms with E-state index in [4.69, 9.17) is 61.8 Å². The quantitative estimate of drug-likeness (QED) is 0.0451. The molecule has 1 aromatic carbocycles. The Balaban J connectivity index is -0.000000210. The molecule has 0 radical (unpaired) electrons. The van der Waals surface area contributed by atoms with E-state index < -0.39 is 0 Å². The third kappa shape index (κ3) is 73.0. The normalized spacial score (nSPS) is 14.8. The fourth-order valence-corrected chi connectivity index (χ4v) is 9.37. The molecule has 20 N–H and O–H groups in total. The molecule has 3 unspecified atom stereocenters. The zero-order valence-corrected chi connectivity index (χ0v) is 60.0. The molecule has 1 aromatic rings. The van der Waals surface area contributed by atoms with Gasteiger partial charge in [0, 0.05) is 108 Å². The van der Waals surface area contributed by atoms with E-state index in [1.54, 1.807) is 0 Å². The largest absolute Gasteiger partial charge is 0.395 e. The molecule has 0 saturated carbocycles. The molecule has 0 bridgehead atoms. The number of hydrogen-bond donors (Lipinski definition) is 11. The van der Waals surface area contributed by atoms with Gasteiger partial charge in [0.05, 0.1) is 13.2 Å². The maximum Gasteiger partial charge on any atom is 0.0558 e. The van der Waals surface area contributed by atoms with Crippen molar-refractivity contribution in [3.8, 4) is 0 Å². The van der Waals surface area contributed by atoms with Crippen LogP contribution in [0.1, 0.15) is 153 Å². The second-order valence-electron chi connectivity index (χ2n) is 23.9. The summed E-state index contributed by atoms with van der Waals surface area (Å²) in [5, 5.41) is 17.1. The Bertz CT molecular complexity index is 1320. The van der Waals surface area contributed by atoms with Crippen molar-refractivity contribution < 1.29 is 10.2 Å². The Kier molecular flexibility index (Phi) is 82.1. The summed E-state index contributed by atoms with van der Waals surface area (Å²) in [6.45, 7) is 48.8.